The number of phenolic OH excluding ortho intramolecular Hbond substituents is 1. The van der Waals surface area contributed by atoms with Gasteiger partial charge in [-0.15, -0.1) is 0 Å². The van der Waals surface area contributed by atoms with Crippen molar-refractivity contribution in [2.45, 2.75) is 25.0 Å². The number of quaternary nitrogens is 1. The molecule has 0 aromatic heterocycles. The first-order valence-corrected chi connectivity index (χ1v) is 9.61. The molecule has 4 rings (SSSR count). The number of imide groups is 1. The summed E-state index contributed by atoms with van der Waals surface area (Å²) in [6.45, 7) is 1.47. The van der Waals surface area contributed by atoms with Crippen molar-refractivity contribution in [1.29, 1.82) is 0 Å². The van der Waals surface area contributed by atoms with Crippen molar-refractivity contribution in [3.63, 3.8) is 0 Å². The van der Waals surface area contributed by atoms with Gasteiger partial charge in [-0.25, -0.2) is 0 Å². The maximum Gasteiger partial charge on any atom is 0.240 e. The van der Waals surface area contributed by atoms with Gasteiger partial charge >= 0.3 is 0 Å². The number of carboxylic acid groups (broad SMARTS) is 1. The van der Waals surface area contributed by atoms with Crippen LogP contribution in [0.2, 0.25) is 0 Å². The highest BCUT2D eigenvalue weighted by atomic mass is 16.5. The predicted octanol–water partition coefficient (Wildman–Crippen LogP) is -0.671. The minimum atomic E-state index is -1.64. The third-order valence-electron chi connectivity index (χ3n) is 6.22. The lowest BCUT2D eigenvalue weighted by molar-refractivity contribution is -0.735. The second-order valence-corrected chi connectivity index (χ2v) is 7.94. The van der Waals surface area contributed by atoms with Gasteiger partial charge in [-0.3, -0.25) is 14.5 Å². The summed E-state index contributed by atoms with van der Waals surface area (Å²) in [6.07, 6.45) is 0. The average Bonchev–Trinajstić information content (AvgIpc) is 3.18. The number of aliphatic carboxylic acids is 1. The summed E-state index contributed by atoms with van der Waals surface area (Å²) in [5.74, 6) is -4.13. The van der Waals surface area contributed by atoms with Crippen molar-refractivity contribution in [2.24, 2.45) is 11.8 Å². The van der Waals surface area contributed by atoms with Crippen LogP contribution in [-0.4, -0.2) is 40.4 Å². The van der Waals surface area contributed by atoms with E-state index in [9.17, 15) is 24.6 Å². The molecule has 2 aliphatic rings. The number of hydrogen-bond donors (Lipinski definition) is 2. The zero-order chi connectivity index (χ0) is 21.6. The predicted molar refractivity (Wildman–Crippen MR) is 102 cm³/mol. The molecule has 0 bridgehead atoms. The first-order chi connectivity index (χ1) is 14.3. The second-order valence-electron chi connectivity index (χ2n) is 7.94. The Kier molecular flexibility index (Phi) is 4.74. The van der Waals surface area contributed by atoms with Crippen molar-refractivity contribution in [3.8, 4) is 11.5 Å². The molecule has 2 aliphatic heterocycles. The number of carbonyl (C=O) groups excluding carboxylic acids is 3. The molecular weight excluding hydrogens is 388 g/mol. The van der Waals surface area contributed by atoms with Crippen LogP contribution in [0, 0.1) is 11.8 Å². The molecule has 2 heterocycles. The number of benzene rings is 2. The third-order valence-corrected chi connectivity index (χ3v) is 6.22. The number of carboxylic acids is 1. The molecule has 8 nitrogen and oxygen atoms in total. The molecule has 0 aliphatic carbocycles. The fraction of sp³-hybridized carbons (Fsp3) is 0.318. The van der Waals surface area contributed by atoms with Crippen molar-refractivity contribution in [2.75, 3.05) is 7.11 Å². The molecule has 0 radical (unpaired) electrons. The Morgan fingerprint density at radius 3 is 2.50 bits per heavy atom. The van der Waals surface area contributed by atoms with Crippen molar-refractivity contribution >= 4 is 17.8 Å². The Morgan fingerprint density at radius 1 is 1.20 bits per heavy atom. The standard InChI is InChI=1S/C22H22N2O6/c1-22(21(28)29)17-16(18(23-22)14-9-8-13(30-2)10-15(14)25)19(26)24(20(17)27)11-12-6-4-3-5-7-12/h3-10,16-18,23,25H,11H2,1-2H3,(H,28,29)/t16-,17+,18-,22+/m0/s1. The molecule has 0 saturated carbocycles. The minimum absolute atomic E-state index is 0.0654. The number of carbonyl (C=O) groups is 3. The lowest BCUT2D eigenvalue weighted by atomic mass is 9.80. The van der Waals surface area contributed by atoms with Crippen LogP contribution >= 0.6 is 0 Å². The summed E-state index contributed by atoms with van der Waals surface area (Å²) in [4.78, 5) is 39.6. The molecule has 4 atom stereocenters. The Balaban J connectivity index is 1.76. The van der Waals surface area contributed by atoms with Gasteiger partial charge in [0.1, 0.15) is 40.9 Å². The number of nitrogens with two attached hydrogens (primary N) is 1. The summed E-state index contributed by atoms with van der Waals surface area (Å²) in [7, 11) is 1.46. The van der Waals surface area contributed by atoms with Gasteiger partial charge in [-0.2, -0.15) is 0 Å². The second kappa shape index (κ2) is 7.14. The van der Waals surface area contributed by atoms with E-state index in [0.717, 1.165) is 10.5 Å². The quantitative estimate of drug-likeness (QED) is 0.630. The van der Waals surface area contributed by atoms with Gasteiger partial charge in [0.25, 0.3) is 0 Å². The number of methoxy groups -OCH3 is 1. The SMILES string of the molecule is COc1ccc([C@@H]2[NH2+][C@@](C)(C(=O)[O-])[C@H]3C(=O)N(Cc4ccccc4)C(=O)[C@H]23)c(O)c1. The monoisotopic (exact) mass is 410 g/mol. The molecule has 0 spiro atoms. The molecule has 0 unspecified atom stereocenters. The number of likely N-dealkylation sites (tertiary alicyclic amines) is 1. The molecule has 2 fully saturated rings. The molecule has 156 valence electrons. The molecule has 2 aromatic rings. The van der Waals surface area contributed by atoms with E-state index in [1.54, 1.807) is 36.4 Å². The number of aromatic hydroxyl groups is 1. The minimum Gasteiger partial charge on any atom is -0.544 e. The van der Waals surface area contributed by atoms with Crippen LogP contribution in [-0.2, 0) is 20.9 Å². The Bertz CT molecular complexity index is 1020. The Hall–Kier alpha value is -3.39. The summed E-state index contributed by atoms with van der Waals surface area (Å²) < 4.78 is 5.10. The van der Waals surface area contributed by atoms with Crippen molar-refractivity contribution in [3.05, 3.63) is 59.7 Å². The molecule has 2 aromatic carbocycles. The van der Waals surface area contributed by atoms with Crippen LogP contribution in [0.15, 0.2) is 48.5 Å². The van der Waals surface area contributed by atoms with Crippen LogP contribution in [0.3, 0.4) is 0 Å². The number of rotatable bonds is 5. The van der Waals surface area contributed by atoms with Crippen LogP contribution < -0.4 is 15.2 Å². The smallest absolute Gasteiger partial charge is 0.240 e. The molecule has 2 saturated heterocycles. The van der Waals surface area contributed by atoms with E-state index < -0.39 is 41.2 Å². The summed E-state index contributed by atoms with van der Waals surface area (Å²) >= 11 is 0. The highest BCUT2D eigenvalue weighted by Gasteiger charge is 2.68. The number of ether oxygens (including phenoxy) is 1. The lowest BCUT2D eigenvalue weighted by Crippen LogP contribution is -2.98. The maximum atomic E-state index is 13.3. The van der Waals surface area contributed by atoms with Gasteiger partial charge in [0, 0.05) is 6.07 Å². The first kappa shape index (κ1) is 19.9. The molecule has 2 amide bonds. The lowest BCUT2D eigenvalue weighted by Gasteiger charge is -2.29. The third kappa shape index (κ3) is 2.91. The van der Waals surface area contributed by atoms with Crippen molar-refractivity contribution < 1.29 is 34.7 Å². The van der Waals surface area contributed by atoms with Crippen LogP contribution in [0.25, 0.3) is 0 Å². The van der Waals surface area contributed by atoms with E-state index in [1.165, 1.54) is 25.4 Å². The first-order valence-electron chi connectivity index (χ1n) is 9.61. The normalized spacial score (nSPS) is 27.9. The number of fused-ring (bicyclic) bond motifs is 1. The number of phenols is 1. The zero-order valence-corrected chi connectivity index (χ0v) is 16.6. The van der Waals surface area contributed by atoms with Gasteiger partial charge in [-0.05, 0) is 24.6 Å². The van der Waals surface area contributed by atoms with Crippen LogP contribution in [0.4, 0.5) is 0 Å². The topological polar surface area (TPSA) is 124 Å². The Morgan fingerprint density at radius 2 is 1.90 bits per heavy atom. The van der Waals surface area contributed by atoms with Crippen molar-refractivity contribution in [1.82, 2.24) is 4.90 Å². The molecule has 8 heteroatoms. The van der Waals surface area contributed by atoms with Gasteiger partial charge in [0.05, 0.1) is 19.2 Å². The fourth-order valence-electron chi connectivity index (χ4n) is 4.66. The number of nitrogens with zero attached hydrogens (tertiary/aromatic N) is 1. The van der Waals surface area contributed by atoms with Gasteiger partial charge in [0.15, 0.2) is 0 Å². The van der Waals surface area contributed by atoms with E-state index in [1.807, 2.05) is 6.07 Å². The van der Waals surface area contributed by atoms with E-state index in [-0.39, 0.29) is 12.3 Å². The highest BCUT2D eigenvalue weighted by Crippen LogP contribution is 2.46. The fourth-order valence-corrected chi connectivity index (χ4v) is 4.66. The molecular formula is C22H22N2O6. The van der Waals surface area contributed by atoms with E-state index in [0.29, 0.717) is 11.3 Å². The van der Waals surface area contributed by atoms with Gasteiger partial charge in [-0.1, -0.05) is 30.3 Å². The highest BCUT2D eigenvalue weighted by molar-refractivity contribution is 6.08. The molecule has 30 heavy (non-hydrogen) atoms. The molecule has 3 N–H and O–H groups in total. The maximum absolute atomic E-state index is 13.3. The Labute approximate surface area is 173 Å². The van der Waals surface area contributed by atoms with Crippen LogP contribution in [0.5, 0.6) is 11.5 Å². The summed E-state index contributed by atoms with van der Waals surface area (Å²) in [5, 5.41) is 24.0. The van der Waals surface area contributed by atoms with Gasteiger partial charge in [0.2, 0.25) is 11.8 Å². The zero-order valence-electron chi connectivity index (χ0n) is 16.6. The van der Waals surface area contributed by atoms with E-state index in [4.69, 9.17) is 4.74 Å². The number of hydrogen-bond acceptors (Lipinski definition) is 6. The summed E-state index contributed by atoms with van der Waals surface area (Å²) in [5.41, 5.74) is -0.500. The largest absolute Gasteiger partial charge is 0.544 e. The number of amides is 2. The van der Waals surface area contributed by atoms with E-state index in [2.05, 4.69) is 0 Å². The van der Waals surface area contributed by atoms with E-state index >= 15 is 0 Å². The summed E-state index contributed by atoms with van der Waals surface area (Å²) in [6, 6.07) is 12.9. The average molecular weight is 410 g/mol. The van der Waals surface area contributed by atoms with Gasteiger partial charge < -0.3 is 25.1 Å². The van der Waals surface area contributed by atoms with Crippen LogP contribution in [0.1, 0.15) is 24.1 Å².